The number of amides is 2. The van der Waals surface area contributed by atoms with Gasteiger partial charge in [0.25, 0.3) is 5.91 Å². The number of carbonyl (C=O) groups is 2. The molecule has 154 valence electrons. The monoisotopic (exact) mass is 403 g/mol. The lowest BCUT2D eigenvalue weighted by atomic mass is 9.97. The van der Waals surface area contributed by atoms with E-state index < -0.39 is 0 Å². The summed E-state index contributed by atoms with van der Waals surface area (Å²) in [7, 11) is 0. The van der Waals surface area contributed by atoms with Crippen molar-refractivity contribution >= 4 is 17.5 Å². The molecule has 1 aromatic heterocycles. The van der Waals surface area contributed by atoms with Crippen LogP contribution in [0.15, 0.2) is 66.9 Å². The second kappa shape index (κ2) is 8.92. The molecule has 1 fully saturated rings. The van der Waals surface area contributed by atoms with Crippen LogP contribution in [0.5, 0.6) is 0 Å². The highest BCUT2D eigenvalue weighted by molar-refractivity contribution is 6.03. The molecule has 4 rings (SSSR count). The number of para-hydroxylation sites is 2. The predicted molar refractivity (Wildman–Crippen MR) is 115 cm³/mol. The maximum atomic E-state index is 12.8. The van der Waals surface area contributed by atoms with E-state index in [0.29, 0.717) is 18.8 Å². The van der Waals surface area contributed by atoms with Gasteiger partial charge in [0.2, 0.25) is 5.91 Å². The van der Waals surface area contributed by atoms with Gasteiger partial charge < -0.3 is 11.1 Å². The zero-order chi connectivity index (χ0) is 20.9. The summed E-state index contributed by atoms with van der Waals surface area (Å²) >= 11 is 0. The molecule has 1 unspecified atom stereocenters. The lowest BCUT2D eigenvalue weighted by molar-refractivity contribution is -0.123. The Hall–Kier alpha value is -3.45. The summed E-state index contributed by atoms with van der Waals surface area (Å²) in [6.07, 6.45) is 3.56. The van der Waals surface area contributed by atoms with Crippen LogP contribution >= 0.6 is 0 Å². The summed E-state index contributed by atoms with van der Waals surface area (Å²) < 4.78 is 1.68. The van der Waals surface area contributed by atoms with Crippen molar-refractivity contribution in [2.75, 3.05) is 18.4 Å². The molecule has 3 N–H and O–H groups in total. The first kappa shape index (κ1) is 19.8. The van der Waals surface area contributed by atoms with Crippen LogP contribution in [0.25, 0.3) is 5.69 Å². The SMILES string of the molecule is NC(=O)C1CCCN(Cc2ccccc2NC(=O)c2ccn(-c3ccccc3)n2)C1. The second-order valence-electron chi connectivity index (χ2n) is 7.57. The van der Waals surface area contributed by atoms with Crippen molar-refractivity contribution < 1.29 is 9.59 Å². The maximum absolute atomic E-state index is 12.8. The minimum Gasteiger partial charge on any atom is -0.369 e. The number of rotatable bonds is 6. The third kappa shape index (κ3) is 4.58. The van der Waals surface area contributed by atoms with Gasteiger partial charge in [-0.1, -0.05) is 36.4 Å². The van der Waals surface area contributed by atoms with Crippen molar-refractivity contribution in [3.8, 4) is 5.69 Å². The van der Waals surface area contributed by atoms with Crippen LogP contribution in [-0.2, 0) is 11.3 Å². The number of piperidine rings is 1. The lowest BCUT2D eigenvalue weighted by Crippen LogP contribution is -2.40. The van der Waals surface area contributed by atoms with Gasteiger partial charge in [0, 0.05) is 25.0 Å². The van der Waals surface area contributed by atoms with Crippen molar-refractivity contribution in [3.63, 3.8) is 0 Å². The molecule has 7 nitrogen and oxygen atoms in total. The first-order valence-corrected chi connectivity index (χ1v) is 10.1. The van der Waals surface area contributed by atoms with Crippen LogP contribution in [0.1, 0.15) is 28.9 Å². The van der Waals surface area contributed by atoms with Gasteiger partial charge in [-0.2, -0.15) is 5.10 Å². The fourth-order valence-corrected chi connectivity index (χ4v) is 3.81. The topological polar surface area (TPSA) is 93.3 Å². The number of nitrogens with zero attached hydrogens (tertiary/aromatic N) is 3. The molecule has 1 aliphatic heterocycles. The molecule has 0 saturated carbocycles. The molecule has 1 aliphatic rings. The molecule has 0 aliphatic carbocycles. The quantitative estimate of drug-likeness (QED) is 0.662. The third-order valence-electron chi connectivity index (χ3n) is 5.41. The van der Waals surface area contributed by atoms with Crippen molar-refractivity contribution in [1.82, 2.24) is 14.7 Å². The van der Waals surface area contributed by atoms with E-state index in [1.807, 2.05) is 54.6 Å². The van der Waals surface area contributed by atoms with Gasteiger partial charge in [-0.25, -0.2) is 4.68 Å². The molecule has 1 atom stereocenters. The number of benzene rings is 2. The van der Waals surface area contributed by atoms with Crippen LogP contribution in [0.4, 0.5) is 5.69 Å². The highest BCUT2D eigenvalue weighted by atomic mass is 16.2. The van der Waals surface area contributed by atoms with Gasteiger partial charge in [0.15, 0.2) is 5.69 Å². The summed E-state index contributed by atoms with van der Waals surface area (Å²) in [6, 6.07) is 19.1. The van der Waals surface area contributed by atoms with Gasteiger partial charge in [-0.15, -0.1) is 0 Å². The van der Waals surface area contributed by atoms with E-state index in [-0.39, 0.29) is 17.7 Å². The molecule has 2 heterocycles. The maximum Gasteiger partial charge on any atom is 0.276 e. The molecular weight excluding hydrogens is 378 g/mol. The summed E-state index contributed by atoms with van der Waals surface area (Å²) in [6.45, 7) is 2.21. The Morgan fingerprint density at radius 3 is 2.63 bits per heavy atom. The smallest absolute Gasteiger partial charge is 0.276 e. The fourth-order valence-electron chi connectivity index (χ4n) is 3.81. The van der Waals surface area contributed by atoms with Crippen LogP contribution in [0, 0.1) is 5.92 Å². The van der Waals surface area contributed by atoms with Crippen molar-refractivity contribution in [1.29, 1.82) is 0 Å². The number of nitrogens with one attached hydrogen (secondary N) is 1. The molecule has 1 saturated heterocycles. The molecule has 2 amide bonds. The predicted octanol–water partition coefficient (Wildman–Crippen LogP) is 2.82. The molecule has 2 aromatic carbocycles. The number of carbonyl (C=O) groups excluding carboxylic acids is 2. The summed E-state index contributed by atoms with van der Waals surface area (Å²) in [4.78, 5) is 26.6. The number of likely N-dealkylation sites (tertiary alicyclic amines) is 1. The number of nitrogens with two attached hydrogens (primary N) is 1. The van der Waals surface area contributed by atoms with Crippen LogP contribution in [-0.4, -0.2) is 39.6 Å². The van der Waals surface area contributed by atoms with E-state index in [4.69, 9.17) is 5.73 Å². The Morgan fingerprint density at radius 1 is 1.07 bits per heavy atom. The first-order valence-electron chi connectivity index (χ1n) is 10.1. The standard InChI is InChI=1S/C23H25N5O2/c24-22(29)18-8-6-13-27(16-18)15-17-7-4-5-11-20(17)25-23(30)21-12-14-28(26-21)19-9-2-1-3-10-19/h1-5,7,9-12,14,18H,6,8,13,15-16H2,(H2,24,29)(H,25,30). The molecule has 0 spiro atoms. The van der Waals surface area contributed by atoms with E-state index in [9.17, 15) is 9.59 Å². The van der Waals surface area contributed by atoms with E-state index in [1.165, 1.54) is 0 Å². The number of hydrogen-bond donors (Lipinski definition) is 2. The van der Waals surface area contributed by atoms with E-state index >= 15 is 0 Å². The second-order valence-corrected chi connectivity index (χ2v) is 7.57. The molecule has 3 aromatic rings. The Balaban J connectivity index is 1.46. The summed E-state index contributed by atoms with van der Waals surface area (Å²) in [5.74, 6) is -0.608. The van der Waals surface area contributed by atoms with Gasteiger partial charge in [-0.05, 0) is 49.2 Å². The summed E-state index contributed by atoms with van der Waals surface area (Å²) in [5.41, 5.74) is 8.48. The molecular formula is C23H25N5O2. The number of primary amides is 1. The number of hydrogen-bond acceptors (Lipinski definition) is 4. The van der Waals surface area contributed by atoms with Gasteiger partial charge in [-0.3, -0.25) is 14.5 Å². The zero-order valence-corrected chi connectivity index (χ0v) is 16.7. The van der Waals surface area contributed by atoms with Gasteiger partial charge >= 0.3 is 0 Å². The first-order chi connectivity index (χ1) is 14.6. The highest BCUT2D eigenvalue weighted by Crippen LogP contribution is 2.22. The Morgan fingerprint density at radius 2 is 1.83 bits per heavy atom. The minimum absolute atomic E-state index is 0.109. The van der Waals surface area contributed by atoms with Crippen molar-refractivity contribution in [2.45, 2.75) is 19.4 Å². The van der Waals surface area contributed by atoms with Crippen LogP contribution < -0.4 is 11.1 Å². The van der Waals surface area contributed by atoms with E-state index in [1.54, 1.807) is 16.9 Å². The zero-order valence-electron chi connectivity index (χ0n) is 16.7. The number of aromatic nitrogens is 2. The Bertz CT molecular complexity index is 1030. The average molecular weight is 403 g/mol. The van der Waals surface area contributed by atoms with Crippen LogP contribution in [0.2, 0.25) is 0 Å². The van der Waals surface area contributed by atoms with E-state index in [0.717, 1.165) is 36.3 Å². The Kier molecular flexibility index (Phi) is 5.90. The average Bonchev–Trinajstić information content (AvgIpc) is 3.26. The van der Waals surface area contributed by atoms with Crippen molar-refractivity contribution in [3.05, 3.63) is 78.1 Å². The summed E-state index contributed by atoms with van der Waals surface area (Å²) in [5, 5.41) is 7.38. The number of anilines is 1. The fraction of sp³-hybridized carbons (Fsp3) is 0.261. The van der Waals surface area contributed by atoms with E-state index in [2.05, 4.69) is 15.3 Å². The third-order valence-corrected chi connectivity index (χ3v) is 5.41. The van der Waals surface area contributed by atoms with Crippen molar-refractivity contribution in [2.24, 2.45) is 11.7 Å². The normalized spacial score (nSPS) is 16.9. The van der Waals surface area contributed by atoms with Crippen LogP contribution in [0.3, 0.4) is 0 Å². The van der Waals surface area contributed by atoms with Gasteiger partial charge in [0.1, 0.15) is 0 Å². The molecule has 30 heavy (non-hydrogen) atoms. The molecule has 0 radical (unpaired) electrons. The molecule has 0 bridgehead atoms. The molecule has 7 heteroatoms. The largest absolute Gasteiger partial charge is 0.369 e. The Labute approximate surface area is 175 Å². The van der Waals surface area contributed by atoms with Gasteiger partial charge in [0.05, 0.1) is 11.6 Å². The minimum atomic E-state index is -0.259. The highest BCUT2D eigenvalue weighted by Gasteiger charge is 2.24. The lowest BCUT2D eigenvalue weighted by Gasteiger charge is -2.31.